The van der Waals surface area contributed by atoms with Crippen LogP contribution in [-0.2, 0) is 16.6 Å². The van der Waals surface area contributed by atoms with Crippen molar-refractivity contribution in [3.63, 3.8) is 0 Å². The summed E-state index contributed by atoms with van der Waals surface area (Å²) in [6, 6.07) is 11.2. The molecule has 0 amide bonds. The fourth-order valence-electron chi connectivity index (χ4n) is 1.96. The summed E-state index contributed by atoms with van der Waals surface area (Å²) in [5.74, 6) is 1.13. The zero-order valence-electron chi connectivity index (χ0n) is 11.4. The van der Waals surface area contributed by atoms with Gasteiger partial charge in [-0.25, -0.2) is 0 Å². The Morgan fingerprint density at radius 1 is 1.30 bits per heavy atom. The summed E-state index contributed by atoms with van der Waals surface area (Å²) in [6.45, 7) is 1.89. The van der Waals surface area contributed by atoms with E-state index in [2.05, 4.69) is 15.9 Å². The minimum atomic E-state index is -1.16. The number of nitrogen functional groups attached to an aromatic ring is 1. The quantitative estimate of drug-likeness (QED) is 0.853. The van der Waals surface area contributed by atoms with Crippen LogP contribution < -0.4 is 10.5 Å². The molecule has 5 heteroatoms. The number of rotatable bonds is 4. The zero-order valence-corrected chi connectivity index (χ0v) is 13.8. The van der Waals surface area contributed by atoms with Crippen molar-refractivity contribution in [2.75, 3.05) is 12.8 Å². The summed E-state index contributed by atoms with van der Waals surface area (Å²) < 4.78 is 18.8. The van der Waals surface area contributed by atoms with Gasteiger partial charge in [-0.05, 0) is 42.8 Å². The van der Waals surface area contributed by atoms with Gasteiger partial charge in [0.25, 0.3) is 0 Å². The lowest BCUT2D eigenvalue weighted by atomic mass is 10.2. The molecule has 2 aromatic rings. The summed E-state index contributed by atoms with van der Waals surface area (Å²) >= 11 is 3.42. The van der Waals surface area contributed by atoms with Crippen LogP contribution in [0, 0.1) is 6.92 Å². The van der Waals surface area contributed by atoms with E-state index in [1.807, 2.05) is 43.3 Å². The maximum absolute atomic E-state index is 12.6. The predicted octanol–water partition coefficient (Wildman–Crippen LogP) is 3.66. The van der Waals surface area contributed by atoms with E-state index in [0.29, 0.717) is 11.4 Å². The van der Waals surface area contributed by atoms with Gasteiger partial charge in [0, 0.05) is 20.6 Å². The molecule has 3 nitrogen and oxygen atoms in total. The van der Waals surface area contributed by atoms with E-state index in [9.17, 15) is 4.21 Å². The average molecular weight is 354 g/mol. The summed E-state index contributed by atoms with van der Waals surface area (Å²) in [6.07, 6.45) is 0. The lowest BCUT2D eigenvalue weighted by molar-refractivity contribution is 0.411. The Kier molecular flexibility index (Phi) is 4.83. The molecule has 0 saturated carbocycles. The van der Waals surface area contributed by atoms with E-state index in [-0.39, 0.29) is 0 Å². The van der Waals surface area contributed by atoms with Crippen LogP contribution in [0.25, 0.3) is 0 Å². The number of anilines is 1. The molecule has 106 valence electrons. The van der Waals surface area contributed by atoms with Crippen LogP contribution in [-0.4, -0.2) is 11.3 Å². The van der Waals surface area contributed by atoms with Crippen molar-refractivity contribution in [2.45, 2.75) is 17.6 Å². The number of methoxy groups -OCH3 is 1. The SMILES string of the molecule is COc1ccc(Br)cc1CS(=O)c1cccc(N)c1C. The number of hydrogen-bond acceptors (Lipinski definition) is 3. The molecule has 0 saturated heterocycles. The first kappa shape index (κ1) is 15.1. The number of benzene rings is 2. The third kappa shape index (κ3) is 3.22. The Bertz CT molecular complexity index is 658. The predicted molar refractivity (Wildman–Crippen MR) is 86.4 cm³/mol. The fraction of sp³-hybridized carbons (Fsp3) is 0.200. The maximum atomic E-state index is 12.6. The third-order valence-corrected chi connectivity index (χ3v) is 5.10. The zero-order chi connectivity index (χ0) is 14.7. The smallest absolute Gasteiger partial charge is 0.123 e. The van der Waals surface area contributed by atoms with Gasteiger partial charge >= 0.3 is 0 Å². The summed E-state index contributed by atoms with van der Waals surface area (Å²) in [4.78, 5) is 0.770. The monoisotopic (exact) mass is 353 g/mol. The molecule has 1 atom stereocenters. The summed E-state index contributed by atoms with van der Waals surface area (Å²) in [5.41, 5.74) is 8.31. The minimum absolute atomic E-state index is 0.396. The number of nitrogens with two attached hydrogens (primary N) is 1. The van der Waals surface area contributed by atoms with Gasteiger partial charge in [0.1, 0.15) is 5.75 Å². The molecule has 0 fully saturated rings. The molecule has 2 rings (SSSR count). The number of ether oxygens (including phenoxy) is 1. The molecular weight excluding hydrogens is 338 g/mol. The lowest BCUT2D eigenvalue weighted by Gasteiger charge is -2.11. The highest BCUT2D eigenvalue weighted by molar-refractivity contribution is 9.10. The minimum Gasteiger partial charge on any atom is -0.496 e. The summed E-state index contributed by atoms with van der Waals surface area (Å²) in [7, 11) is 0.455. The largest absolute Gasteiger partial charge is 0.496 e. The lowest BCUT2D eigenvalue weighted by Crippen LogP contribution is -2.02. The number of halogens is 1. The molecule has 2 aromatic carbocycles. The van der Waals surface area contributed by atoms with E-state index in [0.717, 1.165) is 26.2 Å². The highest BCUT2D eigenvalue weighted by Crippen LogP contribution is 2.27. The summed E-state index contributed by atoms with van der Waals surface area (Å²) in [5, 5.41) is 0. The van der Waals surface area contributed by atoms with E-state index in [4.69, 9.17) is 10.5 Å². The van der Waals surface area contributed by atoms with Gasteiger partial charge < -0.3 is 10.5 Å². The third-order valence-electron chi connectivity index (χ3n) is 3.10. The van der Waals surface area contributed by atoms with E-state index < -0.39 is 10.8 Å². The highest BCUT2D eigenvalue weighted by Gasteiger charge is 2.13. The molecule has 0 heterocycles. The van der Waals surface area contributed by atoms with Crippen molar-refractivity contribution in [2.24, 2.45) is 0 Å². The van der Waals surface area contributed by atoms with Crippen LogP contribution in [0.3, 0.4) is 0 Å². The Balaban J connectivity index is 2.32. The van der Waals surface area contributed by atoms with Crippen LogP contribution >= 0.6 is 15.9 Å². The molecular formula is C15H16BrNO2S. The van der Waals surface area contributed by atoms with Crippen molar-refractivity contribution in [1.29, 1.82) is 0 Å². The van der Waals surface area contributed by atoms with Gasteiger partial charge in [-0.2, -0.15) is 0 Å². The second-order valence-corrected chi connectivity index (χ2v) is 6.75. The van der Waals surface area contributed by atoms with E-state index in [1.54, 1.807) is 7.11 Å². The Morgan fingerprint density at radius 3 is 2.75 bits per heavy atom. The molecule has 0 radical (unpaired) electrons. The second-order valence-electron chi connectivity index (χ2n) is 4.42. The molecule has 0 aliphatic carbocycles. The standard InChI is InChI=1S/C15H16BrNO2S/c1-10-13(17)4-3-5-15(10)20(18)9-11-8-12(16)6-7-14(11)19-2/h3-8H,9,17H2,1-2H3. The Morgan fingerprint density at radius 2 is 2.05 bits per heavy atom. The van der Waals surface area contributed by atoms with Gasteiger partial charge in [-0.15, -0.1) is 0 Å². The number of hydrogen-bond donors (Lipinski definition) is 1. The van der Waals surface area contributed by atoms with Crippen LogP contribution in [0.1, 0.15) is 11.1 Å². The van der Waals surface area contributed by atoms with Crippen molar-refractivity contribution in [3.05, 3.63) is 52.0 Å². The first-order chi connectivity index (χ1) is 9.52. The fourth-order valence-corrected chi connectivity index (χ4v) is 3.72. The van der Waals surface area contributed by atoms with E-state index in [1.165, 1.54) is 0 Å². The van der Waals surface area contributed by atoms with Gasteiger partial charge in [-0.1, -0.05) is 22.0 Å². The van der Waals surface area contributed by atoms with Gasteiger partial charge in [0.15, 0.2) is 0 Å². The first-order valence-electron chi connectivity index (χ1n) is 6.09. The Hall–Kier alpha value is -1.33. The van der Waals surface area contributed by atoms with Crippen molar-refractivity contribution in [1.82, 2.24) is 0 Å². The second kappa shape index (κ2) is 6.41. The van der Waals surface area contributed by atoms with Crippen LogP contribution in [0.5, 0.6) is 5.75 Å². The molecule has 1 unspecified atom stereocenters. The highest BCUT2D eigenvalue weighted by atomic mass is 79.9. The molecule has 0 aliphatic rings. The normalized spacial score (nSPS) is 12.2. The maximum Gasteiger partial charge on any atom is 0.123 e. The van der Waals surface area contributed by atoms with Gasteiger partial charge in [0.2, 0.25) is 0 Å². The van der Waals surface area contributed by atoms with Crippen LogP contribution in [0.4, 0.5) is 5.69 Å². The van der Waals surface area contributed by atoms with Gasteiger partial charge in [0.05, 0.1) is 23.7 Å². The van der Waals surface area contributed by atoms with E-state index >= 15 is 0 Å². The topological polar surface area (TPSA) is 52.3 Å². The molecule has 0 aliphatic heterocycles. The van der Waals surface area contributed by atoms with Crippen LogP contribution in [0.2, 0.25) is 0 Å². The Labute approximate surface area is 129 Å². The van der Waals surface area contributed by atoms with Crippen molar-refractivity contribution in [3.8, 4) is 5.75 Å². The average Bonchev–Trinajstić information content (AvgIpc) is 2.42. The van der Waals surface area contributed by atoms with Gasteiger partial charge in [-0.3, -0.25) is 4.21 Å². The van der Waals surface area contributed by atoms with Crippen LogP contribution in [0.15, 0.2) is 45.8 Å². The molecule has 2 N–H and O–H groups in total. The first-order valence-corrected chi connectivity index (χ1v) is 8.20. The molecule has 20 heavy (non-hydrogen) atoms. The van der Waals surface area contributed by atoms with Crippen molar-refractivity contribution >= 4 is 32.4 Å². The molecule has 0 aromatic heterocycles. The van der Waals surface area contributed by atoms with Crippen molar-refractivity contribution < 1.29 is 8.95 Å². The molecule has 0 spiro atoms. The molecule has 0 bridgehead atoms.